The summed E-state index contributed by atoms with van der Waals surface area (Å²) in [4.78, 5) is 2.04. The first-order chi connectivity index (χ1) is 9.63. The summed E-state index contributed by atoms with van der Waals surface area (Å²) in [5.74, 6) is -0.194. The summed E-state index contributed by atoms with van der Waals surface area (Å²) in [5, 5.41) is 9.10. The summed E-state index contributed by atoms with van der Waals surface area (Å²) in [5.41, 5.74) is 2.30. The molecule has 0 radical (unpaired) electrons. The van der Waals surface area contributed by atoms with Crippen molar-refractivity contribution in [1.82, 2.24) is 4.90 Å². The maximum absolute atomic E-state index is 13.8. The van der Waals surface area contributed by atoms with E-state index in [1.165, 1.54) is 6.07 Å². The fourth-order valence-electron chi connectivity index (χ4n) is 2.22. The minimum absolute atomic E-state index is 0.0528. The molecule has 0 heterocycles. The summed E-state index contributed by atoms with van der Waals surface area (Å²) in [6, 6.07) is 16.4. The first-order valence-corrected chi connectivity index (χ1v) is 6.56. The predicted molar refractivity (Wildman–Crippen MR) is 77.4 cm³/mol. The molecule has 2 aromatic carbocycles. The summed E-state index contributed by atoms with van der Waals surface area (Å²) >= 11 is 0. The highest BCUT2D eigenvalue weighted by atomic mass is 19.1. The first kappa shape index (κ1) is 14.2. The van der Waals surface area contributed by atoms with E-state index in [2.05, 4.69) is 6.07 Å². The lowest BCUT2D eigenvalue weighted by molar-refractivity contribution is 0.247. The summed E-state index contributed by atoms with van der Waals surface area (Å²) in [6.45, 7) is 2.58. The van der Waals surface area contributed by atoms with Crippen LogP contribution in [-0.2, 0) is 6.54 Å². The van der Waals surface area contributed by atoms with Crippen LogP contribution in [0.2, 0.25) is 0 Å². The molecule has 0 N–H and O–H groups in total. The minimum atomic E-state index is -0.194. The predicted octanol–water partition coefficient (Wildman–Crippen LogP) is 3.89. The van der Waals surface area contributed by atoms with E-state index in [0.717, 1.165) is 5.56 Å². The Morgan fingerprint density at radius 3 is 2.50 bits per heavy atom. The van der Waals surface area contributed by atoms with Gasteiger partial charge in [-0.3, -0.25) is 4.90 Å². The molecule has 2 nitrogen and oxygen atoms in total. The van der Waals surface area contributed by atoms with E-state index in [1.807, 2.05) is 43.1 Å². The maximum atomic E-state index is 13.8. The number of rotatable bonds is 4. The summed E-state index contributed by atoms with van der Waals surface area (Å²) in [7, 11) is 1.94. The summed E-state index contributed by atoms with van der Waals surface area (Å²) < 4.78 is 13.8. The van der Waals surface area contributed by atoms with E-state index in [-0.39, 0.29) is 11.9 Å². The van der Waals surface area contributed by atoms with Crippen LogP contribution >= 0.6 is 0 Å². The molecule has 0 aromatic heterocycles. The fraction of sp³-hybridized carbons (Fsp3) is 0.235. The molecule has 0 aliphatic heterocycles. The van der Waals surface area contributed by atoms with Crippen LogP contribution in [0.15, 0.2) is 48.5 Å². The quantitative estimate of drug-likeness (QED) is 0.841. The highest BCUT2D eigenvalue weighted by Gasteiger charge is 2.16. The number of benzene rings is 2. The van der Waals surface area contributed by atoms with Gasteiger partial charge in [0.2, 0.25) is 0 Å². The van der Waals surface area contributed by atoms with E-state index in [0.29, 0.717) is 17.7 Å². The molecule has 0 bridgehead atoms. The number of hydrogen-bond donors (Lipinski definition) is 0. The van der Waals surface area contributed by atoms with Crippen LogP contribution in [0.1, 0.15) is 29.7 Å². The number of nitrogens with zero attached hydrogens (tertiary/aromatic N) is 2. The molecule has 2 aromatic rings. The zero-order chi connectivity index (χ0) is 14.5. The number of hydrogen-bond acceptors (Lipinski definition) is 2. The molecule has 0 saturated carbocycles. The van der Waals surface area contributed by atoms with Crippen molar-refractivity contribution in [2.24, 2.45) is 0 Å². The van der Waals surface area contributed by atoms with Crippen LogP contribution in [0, 0.1) is 17.1 Å². The Kier molecular flexibility index (Phi) is 4.49. The lowest BCUT2D eigenvalue weighted by Crippen LogP contribution is -2.23. The lowest BCUT2D eigenvalue weighted by Gasteiger charge is -2.25. The second-order valence-electron chi connectivity index (χ2n) is 4.88. The largest absolute Gasteiger partial charge is 0.295 e. The van der Waals surface area contributed by atoms with Gasteiger partial charge in [-0.1, -0.05) is 36.4 Å². The second-order valence-corrected chi connectivity index (χ2v) is 4.88. The van der Waals surface area contributed by atoms with Gasteiger partial charge in [0.05, 0.1) is 11.6 Å². The van der Waals surface area contributed by atoms with Gasteiger partial charge in [-0.05, 0) is 31.7 Å². The average Bonchev–Trinajstić information content (AvgIpc) is 2.47. The molecule has 0 amide bonds. The Hall–Kier alpha value is -2.18. The van der Waals surface area contributed by atoms with E-state index in [9.17, 15) is 4.39 Å². The van der Waals surface area contributed by atoms with Crippen molar-refractivity contribution in [2.45, 2.75) is 19.5 Å². The van der Waals surface area contributed by atoms with Gasteiger partial charge in [0.15, 0.2) is 0 Å². The third-order valence-corrected chi connectivity index (χ3v) is 3.57. The molecular weight excluding hydrogens is 251 g/mol. The molecule has 102 valence electrons. The molecular formula is C17H17FN2. The van der Waals surface area contributed by atoms with Gasteiger partial charge < -0.3 is 0 Å². The third-order valence-electron chi connectivity index (χ3n) is 3.57. The standard InChI is InChI=1S/C17H17FN2/c1-13(16-9-5-6-10-17(16)18)20(2)12-15-8-4-3-7-14(15)11-19/h3-10,13H,12H2,1-2H3. The van der Waals surface area contributed by atoms with E-state index < -0.39 is 0 Å². The van der Waals surface area contributed by atoms with Crippen molar-refractivity contribution in [3.63, 3.8) is 0 Å². The van der Waals surface area contributed by atoms with Crippen molar-refractivity contribution in [1.29, 1.82) is 5.26 Å². The Morgan fingerprint density at radius 2 is 1.80 bits per heavy atom. The van der Waals surface area contributed by atoms with Crippen molar-refractivity contribution in [2.75, 3.05) is 7.05 Å². The molecule has 0 aliphatic carbocycles. The second kappa shape index (κ2) is 6.31. The topological polar surface area (TPSA) is 27.0 Å². The molecule has 0 fully saturated rings. The van der Waals surface area contributed by atoms with E-state index in [1.54, 1.807) is 18.2 Å². The van der Waals surface area contributed by atoms with Crippen LogP contribution in [0.5, 0.6) is 0 Å². The van der Waals surface area contributed by atoms with Gasteiger partial charge >= 0.3 is 0 Å². The van der Waals surface area contributed by atoms with E-state index in [4.69, 9.17) is 5.26 Å². The highest BCUT2D eigenvalue weighted by molar-refractivity contribution is 5.37. The zero-order valence-electron chi connectivity index (χ0n) is 11.7. The van der Waals surface area contributed by atoms with Gasteiger partial charge in [-0.25, -0.2) is 4.39 Å². The number of halogens is 1. The fourth-order valence-corrected chi connectivity index (χ4v) is 2.22. The lowest BCUT2D eigenvalue weighted by atomic mass is 10.0. The van der Waals surface area contributed by atoms with E-state index >= 15 is 0 Å². The van der Waals surface area contributed by atoms with Crippen molar-refractivity contribution < 1.29 is 4.39 Å². The molecule has 3 heteroatoms. The normalized spacial score (nSPS) is 12.2. The Labute approximate surface area is 119 Å². The number of nitriles is 1. The molecule has 2 rings (SSSR count). The van der Waals surface area contributed by atoms with Crippen LogP contribution < -0.4 is 0 Å². The Bertz CT molecular complexity index is 631. The average molecular weight is 268 g/mol. The van der Waals surface area contributed by atoms with Crippen LogP contribution in [0.25, 0.3) is 0 Å². The Morgan fingerprint density at radius 1 is 1.15 bits per heavy atom. The van der Waals surface area contributed by atoms with Crippen molar-refractivity contribution in [3.8, 4) is 6.07 Å². The SMILES string of the molecule is CC(c1ccccc1F)N(C)Cc1ccccc1C#N. The van der Waals surface area contributed by atoms with Gasteiger partial charge in [0.25, 0.3) is 0 Å². The molecule has 20 heavy (non-hydrogen) atoms. The van der Waals surface area contributed by atoms with Crippen LogP contribution in [0.3, 0.4) is 0 Å². The molecule has 0 spiro atoms. The van der Waals surface area contributed by atoms with Crippen molar-refractivity contribution in [3.05, 3.63) is 71.0 Å². The highest BCUT2D eigenvalue weighted by Crippen LogP contribution is 2.23. The van der Waals surface area contributed by atoms with Gasteiger partial charge in [0.1, 0.15) is 5.82 Å². The monoisotopic (exact) mass is 268 g/mol. The zero-order valence-corrected chi connectivity index (χ0v) is 11.7. The maximum Gasteiger partial charge on any atom is 0.127 e. The third kappa shape index (κ3) is 3.04. The molecule has 1 unspecified atom stereocenters. The Balaban J connectivity index is 2.18. The first-order valence-electron chi connectivity index (χ1n) is 6.56. The van der Waals surface area contributed by atoms with Crippen LogP contribution in [0.4, 0.5) is 4.39 Å². The van der Waals surface area contributed by atoms with Crippen molar-refractivity contribution >= 4 is 0 Å². The van der Waals surface area contributed by atoms with Gasteiger partial charge in [-0.2, -0.15) is 5.26 Å². The molecule has 0 aliphatic rings. The molecule has 0 saturated heterocycles. The smallest absolute Gasteiger partial charge is 0.127 e. The van der Waals surface area contributed by atoms with Crippen LogP contribution in [-0.4, -0.2) is 11.9 Å². The molecule has 1 atom stereocenters. The van der Waals surface area contributed by atoms with Gasteiger partial charge in [-0.15, -0.1) is 0 Å². The van der Waals surface area contributed by atoms with Gasteiger partial charge in [0, 0.05) is 18.2 Å². The minimum Gasteiger partial charge on any atom is -0.295 e. The summed E-state index contributed by atoms with van der Waals surface area (Å²) in [6.07, 6.45) is 0.